The minimum absolute atomic E-state index is 0.186. The van der Waals surface area contributed by atoms with E-state index < -0.39 is 0 Å². The first-order chi connectivity index (χ1) is 7.18. The molecule has 2 nitrogen and oxygen atoms in total. The van der Waals surface area contributed by atoms with Crippen LogP contribution in [0.4, 0.5) is 0 Å². The summed E-state index contributed by atoms with van der Waals surface area (Å²) in [6.07, 6.45) is 3.55. The Morgan fingerprint density at radius 2 is 2.07 bits per heavy atom. The van der Waals surface area contributed by atoms with Crippen molar-refractivity contribution in [2.24, 2.45) is 0 Å². The van der Waals surface area contributed by atoms with E-state index in [1.54, 1.807) is 11.3 Å². The highest BCUT2D eigenvalue weighted by molar-refractivity contribution is 9.11. The van der Waals surface area contributed by atoms with Crippen molar-refractivity contribution < 1.29 is 4.79 Å². The molecule has 0 spiro atoms. The van der Waals surface area contributed by atoms with Crippen molar-refractivity contribution in [2.75, 3.05) is 13.1 Å². The average Bonchev–Trinajstić information content (AvgIpc) is 2.58. The van der Waals surface area contributed by atoms with E-state index in [9.17, 15) is 4.79 Å². The van der Waals surface area contributed by atoms with Crippen LogP contribution in [0.25, 0.3) is 0 Å². The Balaban J connectivity index is 2.16. The molecule has 0 aliphatic carbocycles. The van der Waals surface area contributed by atoms with Gasteiger partial charge in [-0.25, -0.2) is 0 Å². The fraction of sp³-hybridized carbons (Fsp3) is 0.545. The van der Waals surface area contributed by atoms with E-state index in [4.69, 9.17) is 0 Å². The molecule has 1 saturated heterocycles. The number of carbonyl (C=O) groups excluding carboxylic acids is 1. The highest BCUT2D eigenvalue weighted by Crippen LogP contribution is 2.29. The predicted molar refractivity (Wildman–Crippen MR) is 66.5 cm³/mol. The number of carbonyl (C=O) groups is 1. The van der Waals surface area contributed by atoms with Crippen LogP contribution in [0.3, 0.4) is 0 Å². The molecule has 0 saturated carbocycles. The number of piperidine rings is 1. The lowest BCUT2D eigenvalue weighted by Crippen LogP contribution is -2.35. The molecule has 4 heteroatoms. The molecule has 15 heavy (non-hydrogen) atoms. The molecule has 0 unspecified atom stereocenters. The van der Waals surface area contributed by atoms with Crippen LogP contribution in [-0.4, -0.2) is 23.9 Å². The van der Waals surface area contributed by atoms with Crippen molar-refractivity contribution in [3.8, 4) is 0 Å². The summed E-state index contributed by atoms with van der Waals surface area (Å²) in [7, 11) is 0. The molecular formula is C11H14BrNOS. The van der Waals surface area contributed by atoms with Crippen molar-refractivity contribution in [3.63, 3.8) is 0 Å². The third kappa shape index (κ3) is 2.42. The number of nitrogens with zero attached hydrogens (tertiary/aromatic N) is 1. The number of amides is 1. The highest BCUT2D eigenvalue weighted by Gasteiger charge is 2.21. The van der Waals surface area contributed by atoms with Crippen LogP contribution in [0.1, 0.15) is 34.5 Å². The Morgan fingerprint density at radius 3 is 2.60 bits per heavy atom. The lowest BCUT2D eigenvalue weighted by atomic mass is 10.1. The van der Waals surface area contributed by atoms with E-state index in [-0.39, 0.29) is 5.91 Å². The van der Waals surface area contributed by atoms with Gasteiger partial charge in [0, 0.05) is 18.0 Å². The van der Waals surface area contributed by atoms with Crippen LogP contribution in [0.5, 0.6) is 0 Å². The number of hydrogen-bond donors (Lipinski definition) is 0. The van der Waals surface area contributed by atoms with Crippen LogP contribution < -0.4 is 0 Å². The number of rotatable bonds is 1. The summed E-state index contributed by atoms with van der Waals surface area (Å²) in [6.45, 7) is 3.86. The first-order valence-corrected chi connectivity index (χ1v) is 6.84. The number of thiophene rings is 1. The van der Waals surface area contributed by atoms with Gasteiger partial charge in [0.1, 0.15) is 0 Å². The smallest absolute Gasteiger partial charge is 0.255 e. The maximum absolute atomic E-state index is 12.1. The largest absolute Gasteiger partial charge is 0.339 e. The second-order valence-electron chi connectivity index (χ2n) is 3.90. The summed E-state index contributed by atoms with van der Waals surface area (Å²) < 4.78 is 0.968. The normalized spacial score (nSPS) is 16.8. The van der Waals surface area contributed by atoms with Crippen molar-refractivity contribution in [3.05, 3.63) is 20.3 Å². The van der Waals surface area contributed by atoms with Crippen LogP contribution >= 0.6 is 27.3 Å². The van der Waals surface area contributed by atoms with E-state index >= 15 is 0 Å². The Morgan fingerprint density at radius 1 is 1.40 bits per heavy atom. The number of likely N-dealkylation sites (tertiary alicyclic amines) is 1. The topological polar surface area (TPSA) is 20.3 Å². The van der Waals surface area contributed by atoms with Gasteiger partial charge in [0.2, 0.25) is 0 Å². The zero-order chi connectivity index (χ0) is 10.8. The van der Waals surface area contributed by atoms with Gasteiger partial charge in [-0.05, 0) is 48.2 Å². The zero-order valence-electron chi connectivity index (χ0n) is 8.75. The third-order valence-electron chi connectivity index (χ3n) is 2.68. The van der Waals surface area contributed by atoms with E-state index in [0.717, 1.165) is 35.3 Å². The summed E-state index contributed by atoms with van der Waals surface area (Å²) in [5.74, 6) is 0.186. The number of halogens is 1. The van der Waals surface area contributed by atoms with Gasteiger partial charge < -0.3 is 4.90 Å². The van der Waals surface area contributed by atoms with E-state index in [0.29, 0.717) is 0 Å². The highest BCUT2D eigenvalue weighted by atomic mass is 79.9. The molecule has 0 aromatic carbocycles. The molecule has 1 amide bonds. The Labute approximate surface area is 102 Å². The Bertz CT molecular complexity index is 369. The lowest BCUT2D eigenvalue weighted by Gasteiger charge is -2.26. The van der Waals surface area contributed by atoms with Gasteiger partial charge in [0.05, 0.1) is 9.35 Å². The molecule has 1 fully saturated rings. The molecule has 0 radical (unpaired) electrons. The number of hydrogen-bond acceptors (Lipinski definition) is 2. The first kappa shape index (κ1) is 11.1. The van der Waals surface area contributed by atoms with Gasteiger partial charge >= 0.3 is 0 Å². The minimum Gasteiger partial charge on any atom is -0.339 e. The van der Waals surface area contributed by atoms with Gasteiger partial charge in [-0.1, -0.05) is 0 Å². The summed E-state index contributed by atoms with van der Waals surface area (Å²) >= 11 is 5.09. The van der Waals surface area contributed by atoms with Gasteiger partial charge in [-0.15, -0.1) is 11.3 Å². The van der Waals surface area contributed by atoms with E-state index in [1.807, 2.05) is 17.9 Å². The summed E-state index contributed by atoms with van der Waals surface area (Å²) in [5, 5.41) is 0. The van der Waals surface area contributed by atoms with E-state index in [1.165, 1.54) is 11.3 Å². The Hall–Kier alpha value is -0.350. The fourth-order valence-electron chi connectivity index (χ4n) is 1.90. The first-order valence-electron chi connectivity index (χ1n) is 5.23. The molecule has 1 aromatic rings. The molecule has 0 bridgehead atoms. The third-order valence-corrected chi connectivity index (χ3v) is 4.44. The summed E-state index contributed by atoms with van der Waals surface area (Å²) in [6, 6.07) is 1.98. The van der Waals surface area contributed by atoms with Gasteiger partial charge in [-0.3, -0.25) is 4.79 Å². The van der Waals surface area contributed by atoms with Gasteiger partial charge in [0.25, 0.3) is 5.91 Å². The standard InChI is InChI=1S/C11H14BrNOS/c1-8-7-9(10(12)15-8)11(14)13-5-3-2-4-6-13/h7H,2-6H2,1H3. The Kier molecular flexibility index (Phi) is 3.46. The van der Waals surface area contributed by atoms with Gasteiger partial charge in [0.15, 0.2) is 0 Å². The fourth-order valence-corrected chi connectivity index (χ4v) is 3.66. The monoisotopic (exact) mass is 287 g/mol. The van der Waals surface area contributed by atoms with Crippen LogP contribution in [-0.2, 0) is 0 Å². The summed E-state index contributed by atoms with van der Waals surface area (Å²) in [5.41, 5.74) is 0.833. The minimum atomic E-state index is 0.186. The maximum Gasteiger partial charge on any atom is 0.255 e. The molecular weight excluding hydrogens is 274 g/mol. The zero-order valence-corrected chi connectivity index (χ0v) is 11.2. The molecule has 2 rings (SSSR count). The predicted octanol–water partition coefficient (Wildman–Crippen LogP) is 3.45. The van der Waals surface area contributed by atoms with Crippen molar-refractivity contribution in [2.45, 2.75) is 26.2 Å². The number of aryl methyl sites for hydroxylation is 1. The molecule has 2 heterocycles. The lowest BCUT2D eigenvalue weighted by molar-refractivity contribution is 0.0724. The van der Waals surface area contributed by atoms with Crippen LogP contribution in [0.15, 0.2) is 9.85 Å². The molecule has 0 atom stereocenters. The molecule has 1 aliphatic heterocycles. The molecule has 0 N–H and O–H groups in total. The summed E-state index contributed by atoms with van der Waals surface area (Å²) in [4.78, 5) is 15.3. The SMILES string of the molecule is Cc1cc(C(=O)N2CCCCC2)c(Br)s1. The van der Waals surface area contributed by atoms with Crippen molar-refractivity contribution >= 4 is 33.2 Å². The molecule has 1 aliphatic rings. The second-order valence-corrected chi connectivity index (χ2v) is 6.47. The van der Waals surface area contributed by atoms with Crippen molar-refractivity contribution in [1.29, 1.82) is 0 Å². The quantitative estimate of drug-likeness (QED) is 0.775. The van der Waals surface area contributed by atoms with E-state index in [2.05, 4.69) is 15.9 Å². The molecule has 82 valence electrons. The maximum atomic E-state index is 12.1. The van der Waals surface area contributed by atoms with Gasteiger partial charge in [-0.2, -0.15) is 0 Å². The van der Waals surface area contributed by atoms with Crippen LogP contribution in [0.2, 0.25) is 0 Å². The molecule has 1 aromatic heterocycles. The van der Waals surface area contributed by atoms with Crippen LogP contribution in [0, 0.1) is 6.92 Å². The second kappa shape index (κ2) is 4.66. The van der Waals surface area contributed by atoms with Crippen molar-refractivity contribution in [1.82, 2.24) is 4.90 Å². The average molecular weight is 288 g/mol.